The summed E-state index contributed by atoms with van der Waals surface area (Å²) in [6, 6.07) is 2.53. The molecule has 2 saturated carbocycles. The van der Waals surface area contributed by atoms with Gasteiger partial charge in [-0.1, -0.05) is 58.3 Å². The van der Waals surface area contributed by atoms with Crippen LogP contribution in [0.2, 0.25) is 0 Å². The van der Waals surface area contributed by atoms with Gasteiger partial charge in [0.15, 0.2) is 11.5 Å². The Labute approximate surface area is 192 Å². The number of methoxy groups -OCH3 is 1. The minimum Gasteiger partial charge on any atom is -0.494 e. The predicted octanol–water partition coefficient (Wildman–Crippen LogP) is 7.85. The minimum atomic E-state index is -1.17. The molecule has 3 rings (SSSR count). The highest BCUT2D eigenvalue weighted by Gasteiger charge is 2.34. The van der Waals surface area contributed by atoms with Gasteiger partial charge in [-0.2, -0.15) is 8.78 Å². The lowest BCUT2D eigenvalue weighted by Crippen LogP contribution is -2.30. The van der Waals surface area contributed by atoms with Gasteiger partial charge in [0, 0.05) is 0 Å². The zero-order valence-corrected chi connectivity index (χ0v) is 19.8. The van der Waals surface area contributed by atoms with E-state index in [2.05, 4.69) is 6.92 Å². The van der Waals surface area contributed by atoms with E-state index < -0.39 is 17.6 Å². The Kier molecular flexibility index (Phi) is 9.80. The fraction of sp³-hybridized carbons (Fsp3) is 0.741. The molecule has 0 atom stereocenters. The van der Waals surface area contributed by atoms with Gasteiger partial charge in [-0.15, -0.1) is 0 Å². The van der Waals surface area contributed by atoms with Gasteiger partial charge in [0.2, 0.25) is 11.6 Å². The molecule has 32 heavy (non-hydrogen) atoms. The SMILES string of the molecule is CCCCCCCC1CCC(C2CCC(C(=O)Oc3ccc(OC)c(F)c3F)CC2)CC1. The maximum atomic E-state index is 14.1. The van der Waals surface area contributed by atoms with Crippen molar-refractivity contribution < 1.29 is 23.0 Å². The Morgan fingerprint density at radius 3 is 2.03 bits per heavy atom. The second-order valence-electron chi connectivity index (χ2n) is 9.91. The molecule has 0 aromatic heterocycles. The van der Waals surface area contributed by atoms with Gasteiger partial charge < -0.3 is 9.47 Å². The van der Waals surface area contributed by atoms with Gasteiger partial charge in [-0.25, -0.2) is 0 Å². The van der Waals surface area contributed by atoms with E-state index in [1.807, 2.05) is 0 Å². The summed E-state index contributed by atoms with van der Waals surface area (Å²) in [4.78, 5) is 12.5. The summed E-state index contributed by atoms with van der Waals surface area (Å²) in [5, 5.41) is 0. The van der Waals surface area contributed by atoms with Crippen molar-refractivity contribution in [3.8, 4) is 11.5 Å². The highest BCUT2D eigenvalue weighted by Crippen LogP contribution is 2.42. The Hall–Kier alpha value is -1.65. The van der Waals surface area contributed by atoms with Gasteiger partial charge >= 0.3 is 5.97 Å². The number of halogens is 2. The molecule has 0 saturated heterocycles. The van der Waals surface area contributed by atoms with E-state index >= 15 is 0 Å². The van der Waals surface area contributed by atoms with E-state index in [1.165, 1.54) is 83.5 Å². The summed E-state index contributed by atoms with van der Waals surface area (Å²) < 4.78 is 37.9. The number of esters is 1. The second-order valence-corrected chi connectivity index (χ2v) is 9.91. The molecule has 2 aliphatic rings. The van der Waals surface area contributed by atoms with Crippen molar-refractivity contribution in [2.24, 2.45) is 23.7 Å². The van der Waals surface area contributed by atoms with Crippen LogP contribution < -0.4 is 9.47 Å². The van der Waals surface area contributed by atoms with E-state index in [0.717, 1.165) is 37.5 Å². The first-order valence-electron chi connectivity index (χ1n) is 12.8. The smallest absolute Gasteiger partial charge is 0.314 e. The molecule has 0 amide bonds. The normalized spacial score (nSPS) is 26.0. The summed E-state index contributed by atoms with van der Waals surface area (Å²) in [7, 11) is 1.27. The summed E-state index contributed by atoms with van der Waals surface area (Å²) in [6.45, 7) is 2.26. The largest absolute Gasteiger partial charge is 0.494 e. The van der Waals surface area contributed by atoms with Crippen molar-refractivity contribution in [3.63, 3.8) is 0 Å². The quantitative estimate of drug-likeness (QED) is 0.207. The average molecular weight is 451 g/mol. The maximum Gasteiger partial charge on any atom is 0.314 e. The Bertz CT molecular complexity index is 720. The minimum absolute atomic E-state index is 0.200. The van der Waals surface area contributed by atoms with Crippen molar-refractivity contribution in [1.29, 1.82) is 0 Å². The van der Waals surface area contributed by atoms with Gasteiger partial charge in [-0.3, -0.25) is 4.79 Å². The molecular weight excluding hydrogens is 410 g/mol. The lowest BCUT2D eigenvalue weighted by atomic mass is 9.68. The monoisotopic (exact) mass is 450 g/mol. The fourth-order valence-corrected chi connectivity index (χ4v) is 5.75. The first-order chi connectivity index (χ1) is 15.5. The Morgan fingerprint density at radius 1 is 0.844 bits per heavy atom. The van der Waals surface area contributed by atoms with Crippen molar-refractivity contribution >= 4 is 5.97 Å². The van der Waals surface area contributed by atoms with E-state index in [4.69, 9.17) is 9.47 Å². The summed E-state index contributed by atoms with van der Waals surface area (Å²) in [5.41, 5.74) is 0. The zero-order chi connectivity index (χ0) is 22.9. The molecule has 0 bridgehead atoms. The number of benzene rings is 1. The number of ether oxygens (including phenoxy) is 2. The van der Waals surface area contributed by atoms with Crippen molar-refractivity contribution in [3.05, 3.63) is 23.8 Å². The predicted molar refractivity (Wildman–Crippen MR) is 123 cm³/mol. The third kappa shape index (κ3) is 6.68. The third-order valence-corrected chi connectivity index (χ3v) is 7.82. The number of hydrogen-bond donors (Lipinski definition) is 0. The third-order valence-electron chi connectivity index (χ3n) is 7.82. The fourth-order valence-electron chi connectivity index (χ4n) is 5.75. The van der Waals surface area contributed by atoms with E-state index in [0.29, 0.717) is 5.92 Å². The Balaban J connectivity index is 1.38. The van der Waals surface area contributed by atoms with Crippen molar-refractivity contribution in [2.75, 3.05) is 7.11 Å². The van der Waals surface area contributed by atoms with Crippen LogP contribution in [0.5, 0.6) is 11.5 Å². The van der Waals surface area contributed by atoms with Crippen LogP contribution in [0, 0.1) is 35.3 Å². The van der Waals surface area contributed by atoms with Gasteiger partial charge in [0.1, 0.15) is 0 Å². The highest BCUT2D eigenvalue weighted by molar-refractivity contribution is 5.75. The lowest BCUT2D eigenvalue weighted by molar-refractivity contribution is -0.140. The van der Waals surface area contributed by atoms with Crippen molar-refractivity contribution in [1.82, 2.24) is 0 Å². The second kappa shape index (κ2) is 12.6. The highest BCUT2D eigenvalue weighted by atomic mass is 19.2. The van der Waals surface area contributed by atoms with Crippen LogP contribution in [0.3, 0.4) is 0 Å². The summed E-state index contributed by atoms with van der Waals surface area (Å²) in [6.07, 6.45) is 17.3. The molecule has 0 heterocycles. The molecule has 1 aromatic carbocycles. The van der Waals surface area contributed by atoms with E-state index in [1.54, 1.807) is 0 Å². The van der Waals surface area contributed by atoms with Crippen LogP contribution in [-0.4, -0.2) is 13.1 Å². The van der Waals surface area contributed by atoms with Crippen LogP contribution in [0.25, 0.3) is 0 Å². The summed E-state index contributed by atoms with van der Waals surface area (Å²) in [5.74, 6) is -1.13. The molecule has 3 nitrogen and oxygen atoms in total. The first kappa shape index (κ1) is 25.0. The van der Waals surface area contributed by atoms with Gasteiger partial charge in [0.25, 0.3) is 0 Å². The van der Waals surface area contributed by atoms with Crippen LogP contribution >= 0.6 is 0 Å². The zero-order valence-electron chi connectivity index (χ0n) is 19.8. The molecule has 1 aromatic rings. The lowest BCUT2D eigenvalue weighted by Gasteiger charge is -2.37. The van der Waals surface area contributed by atoms with E-state index in [-0.39, 0.29) is 17.4 Å². The molecule has 0 aliphatic heterocycles. The molecular formula is C27H40F2O3. The number of carbonyl (C=O) groups excluding carboxylic acids is 1. The molecule has 0 unspecified atom stereocenters. The molecule has 5 heteroatoms. The van der Waals surface area contributed by atoms with Crippen LogP contribution in [0.1, 0.15) is 96.8 Å². The number of carbonyl (C=O) groups is 1. The maximum absolute atomic E-state index is 14.1. The molecule has 180 valence electrons. The molecule has 2 fully saturated rings. The average Bonchev–Trinajstić information content (AvgIpc) is 2.82. The standard InChI is InChI=1S/C27H40F2O3/c1-3-4-5-6-7-8-19-9-11-20(12-10-19)21-13-15-22(16-14-21)27(30)32-24-18-17-23(31-2)25(28)26(24)29/h17-22H,3-16H2,1-2H3. The number of hydrogen-bond acceptors (Lipinski definition) is 3. The topological polar surface area (TPSA) is 35.5 Å². The van der Waals surface area contributed by atoms with Gasteiger partial charge in [-0.05, 0) is 68.4 Å². The molecule has 0 N–H and O–H groups in total. The van der Waals surface area contributed by atoms with Crippen LogP contribution in [0.15, 0.2) is 12.1 Å². The van der Waals surface area contributed by atoms with Crippen molar-refractivity contribution in [2.45, 2.75) is 96.8 Å². The number of unbranched alkanes of at least 4 members (excludes halogenated alkanes) is 4. The Morgan fingerprint density at radius 2 is 1.41 bits per heavy atom. The molecule has 2 aliphatic carbocycles. The van der Waals surface area contributed by atoms with E-state index in [9.17, 15) is 13.6 Å². The number of rotatable bonds is 10. The molecule has 0 radical (unpaired) electrons. The summed E-state index contributed by atoms with van der Waals surface area (Å²) >= 11 is 0. The van der Waals surface area contributed by atoms with Gasteiger partial charge in [0.05, 0.1) is 13.0 Å². The van der Waals surface area contributed by atoms with Crippen LogP contribution in [-0.2, 0) is 4.79 Å². The molecule has 0 spiro atoms. The first-order valence-corrected chi connectivity index (χ1v) is 12.8. The van der Waals surface area contributed by atoms with Crippen LogP contribution in [0.4, 0.5) is 8.78 Å².